The molecule has 21 heavy (non-hydrogen) atoms. The van der Waals surface area contributed by atoms with Crippen molar-refractivity contribution in [3.8, 4) is 0 Å². The lowest BCUT2D eigenvalue weighted by molar-refractivity contribution is 0.0698. The number of carboxylic acid groups (broad SMARTS) is 1. The van der Waals surface area contributed by atoms with Gasteiger partial charge >= 0.3 is 12.0 Å². The van der Waals surface area contributed by atoms with Gasteiger partial charge in [0.1, 0.15) is 5.00 Å². The van der Waals surface area contributed by atoms with Crippen molar-refractivity contribution >= 4 is 50.0 Å². The summed E-state index contributed by atoms with van der Waals surface area (Å²) in [6.45, 7) is 3.78. The van der Waals surface area contributed by atoms with Gasteiger partial charge in [-0.2, -0.15) is 0 Å². The summed E-state index contributed by atoms with van der Waals surface area (Å²) in [7, 11) is 0. The minimum Gasteiger partial charge on any atom is -0.478 e. The summed E-state index contributed by atoms with van der Waals surface area (Å²) in [6.07, 6.45) is 0. The quantitative estimate of drug-likeness (QED) is 0.747. The molecule has 0 radical (unpaired) electrons. The van der Waals surface area contributed by atoms with Crippen LogP contribution < -0.4 is 10.6 Å². The number of benzene rings is 1. The van der Waals surface area contributed by atoms with E-state index in [2.05, 4.69) is 26.6 Å². The first kappa shape index (κ1) is 15.5. The fraction of sp³-hybridized carbons (Fsp3) is 0.143. The van der Waals surface area contributed by atoms with Crippen molar-refractivity contribution in [2.45, 2.75) is 13.8 Å². The molecule has 1 aromatic heterocycles. The van der Waals surface area contributed by atoms with E-state index in [0.717, 1.165) is 15.6 Å². The second-order valence-corrected chi connectivity index (χ2v) is 6.29. The smallest absolute Gasteiger partial charge is 0.338 e. The van der Waals surface area contributed by atoms with E-state index in [9.17, 15) is 9.59 Å². The van der Waals surface area contributed by atoms with Gasteiger partial charge in [-0.1, -0.05) is 15.9 Å². The van der Waals surface area contributed by atoms with E-state index in [0.29, 0.717) is 10.7 Å². The van der Waals surface area contributed by atoms with Crippen LogP contribution >= 0.6 is 27.3 Å². The van der Waals surface area contributed by atoms with Crippen LogP contribution in [-0.2, 0) is 0 Å². The molecule has 0 aliphatic rings. The average molecular weight is 369 g/mol. The van der Waals surface area contributed by atoms with E-state index in [1.54, 1.807) is 5.38 Å². The number of carboxylic acids is 1. The van der Waals surface area contributed by atoms with Gasteiger partial charge in [0.05, 0.1) is 5.56 Å². The zero-order chi connectivity index (χ0) is 15.6. The van der Waals surface area contributed by atoms with Crippen LogP contribution in [0.25, 0.3) is 0 Å². The first-order valence-electron chi connectivity index (χ1n) is 6.04. The molecular formula is C14H13BrN2O3S. The standard InChI is InChI=1S/C14H13BrN2O3S/c1-7-5-9(15)6-8(2)11(7)16-14(20)17-12-10(13(18)19)3-4-21-12/h3-6H,1-2H3,(H,18,19)(H2,16,17,20). The van der Waals surface area contributed by atoms with Crippen LogP contribution in [0.4, 0.5) is 15.5 Å². The lowest BCUT2D eigenvalue weighted by Crippen LogP contribution is -2.21. The molecular weight excluding hydrogens is 356 g/mol. The van der Waals surface area contributed by atoms with Crippen molar-refractivity contribution in [3.05, 3.63) is 44.7 Å². The summed E-state index contributed by atoms with van der Waals surface area (Å²) in [5.41, 5.74) is 2.63. The molecule has 110 valence electrons. The van der Waals surface area contributed by atoms with Gasteiger partial charge in [-0.3, -0.25) is 5.32 Å². The molecule has 0 aliphatic heterocycles. The largest absolute Gasteiger partial charge is 0.478 e. The van der Waals surface area contributed by atoms with Gasteiger partial charge < -0.3 is 10.4 Å². The Morgan fingerprint density at radius 2 is 1.81 bits per heavy atom. The van der Waals surface area contributed by atoms with E-state index in [1.165, 1.54) is 17.4 Å². The Labute approximate surface area is 134 Å². The first-order valence-corrected chi connectivity index (χ1v) is 7.71. The van der Waals surface area contributed by atoms with Crippen LogP contribution in [0.3, 0.4) is 0 Å². The molecule has 0 unspecified atom stereocenters. The average Bonchev–Trinajstić information content (AvgIpc) is 2.82. The van der Waals surface area contributed by atoms with Gasteiger partial charge in [-0.05, 0) is 48.6 Å². The zero-order valence-corrected chi connectivity index (χ0v) is 13.8. The Hall–Kier alpha value is -1.86. The molecule has 1 aromatic carbocycles. The lowest BCUT2D eigenvalue weighted by atomic mass is 10.1. The molecule has 0 saturated heterocycles. The predicted octanol–water partition coefficient (Wildman–Crippen LogP) is 4.47. The van der Waals surface area contributed by atoms with E-state index in [1.807, 2.05) is 26.0 Å². The molecule has 3 N–H and O–H groups in total. The molecule has 0 spiro atoms. The van der Waals surface area contributed by atoms with Crippen LogP contribution in [0.2, 0.25) is 0 Å². The Balaban J connectivity index is 2.16. The van der Waals surface area contributed by atoms with Crippen molar-refractivity contribution < 1.29 is 14.7 Å². The topological polar surface area (TPSA) is 78.4 Å². The minimum atomic E-state index is -1.07. The molecule has 2 aromatic rings. The molecule has 0 atom stereocenters. The summed E-state index contributed by atoms with van der Waals surface area (Å²) < 4.78 is 0.940. The molecule has 0 aliphatic carbocycles. The van der Waals surface area contributed by atoms with Crippen molar-refractivity contribution in [2.24, 2.45) is 0 Å². The Kier molecular flexibility index (Phi) is 4.64. The van der Waals surface area contributed by atoms with Gasteiger partial charge in [0.25, 0.3) is 0 Å². The Morgan fingerprint density at radius 3 is 2.38 bits per heavy atom. The molecule has 5 nitrogen and oxygen atoms in total. The van der Waals surface area contributed by atoms with Gasteiger partial charge in [0, 0.05) is 10.2 Å². The fourth-order valence-corrected chi connectivity index (χ4v) is 3.39. The van der Waals surface area contributed by atoms with Gasteiger partial charge in [0.15, 0.2) is 0 Å². The number of urea groups is 1. The highest BCUT2D eigenvalue weighted by Crippen LogP contribution is 2.26. The van der Waals surface area contributed by atoms with Crippen LogP contribution in [0.5, 0.6) is 0 Å². The summed E-state index contributed by atoms with van der Waals surface area (Å²) in [5.74, 6) is -1.07. The van der Waals surface area contributed by atoms with Crippen molar-refractivity contribution in [2.75, 3.05) is 10.6 Å². The monoisotopic (exact) mass is 368 g/mol. The maximum Gasteiger partial charge on any atom is 0.338 e. The third-order valence-electron chi connectivity index (χ3n) is 2.86. The minimum absolute atomic E-state index is 0.0828. The summed E-state index contributed by atoms with van der Waals surface area (Å²) in [4.78, 5) is 23.0. The van der Waals surface area contributed by atoms with Crippen LogP contribution in [0.1, 0.15) is 21.5 Å². The van der Waals surface area contributed by atoms with Gasteiger partial charge in [-0.25, -0.2) is 9.59 Å². The van der Waals surface area contributed by atoms with E-state index in [4.69, 9.17) is 5.11 Å². The molecule has 2 amide bonds. The number of rotatable bonds is 3. The number of amides is 2. The summed E-state index contributed by atoms with van der Waals surface area (Å²) in [6, 6.07) is 4.79. The number of halogens is 1. The highest BCUT2D eigenvalue weighted by atomic mass is 79.9. The number of nitrogens with one attached hydrogen (secondary N) is 2. The number of thiophene rings is 1. The predicted molar refractivity (Wildman–Crippen MR) is 87.5 cm³/mol. The SMILES string of the molecule is Cc1cc(Br)cc(C)c1NC(=O)Nc1sccc1C(=O)O. The third kappa shape index (κ3) is 3.62. The molecule has 7 heteroatoms. The number of hydrogen-bond donors (Lipinski definition) is 3. The zero-order valence-electron chi connectivity index (χ0n) is 11.4. The fourth-order valence-electron chi connectivity index (χ4n) is 1.93. The molecule has 0 saturated carbocycles. The molecule has 1 heterocycles. The Bertz CT molecular complexity index is 689. The summed E-state index contributed by atoms with van der Waals surface area (Å²) in [5, 5.41) is 16.3. The third-order valence-corrected chi connectivity index (χ3v) is 4.15. The van der Waals surface area contributed by atoms with Crippen molar-refractivity contribution in [1.29, 1.82) is 0 Å². The van der Waals surface area contributed by atoms with Crippen LogP contribution in [-0.4, -0.2) is 17.1 Å². The second kappa shape index (κ2) is 6.28. The number of aryl methyl sites for hydroxylation is 2. The Morgan fingerprint density at radius 1 is 1.19 bits per heavy atom. The lowest BCUT2D eigenvalue weighted by Gasteiger charge is -2.13. The maximum absolute atomic E-state index is 12.0. The number of carbonyl (C=O) groups excluding carboxylic acids is 1. The van der Waals surface area contributed by atoms with Crippen molar-refractivity contribution in [1.82, 2.24) is 0 Å². The molecule has 0 bridgehead atoms. The first-order chi connectivity index (χ1) is 9.88. The normalized spacial score (nSPS) is 10.2. The highest BCUT2D eigenvalue weighted by Gasteiger charge is 2.15. The number of anilines is 2. The van der Waals surface area contributed by atoms with Crippen LogP contribution in [0, 0.1) is 13.8 Å². The molecule has 2 rings (SSSR count). The highest BCUT2D eigenvalue weighted by molar-refractivity contribution is 9.10. The van der Waals surface area contributed by atoms with E-state index < -0.39 is 12.0 Å². The molecule has 0 fully saturated rings. The maximum atomic E-state index is 12.0. The van der Waals surface area contributed by atoms with Gasteiger partial charge in [-0.15, -0.1) is 11.3 Å². The second-order valence-electron chi connectivity index (χ2n) is 4.46. The van der Waals surface area contributed by atoms with Crippen LogP contribution in [0.15, 0.2) is 28.1 Å². The number of carbonyl (C=O) groups is 2. The van der Waals surface area contributed by atoms with Crippen molar-refractivity contribution in [3.63, 3.8) is 0 Å². The number of aromatic carboxylic acids is 1. The number of hydrogen-bond acceptors (Lipinski definition) is 3. The van der Waals surface area contributed by atoms with E-state index >= 15 is 0 Å². The van der Waals surface area contributed by atoms with Gasteiger partial charge in [0.2, 0.25) is 0 Å². The summed E-state index contributed by atoms with van der Waals surface area (Å²) >= 11 is 4.56. The van der Waals surface area contributed by atoms with E-state index in [-0.39, 0.29) is 5.56 Å².